The van der Waals surface area contributed by atoms with Crippen LogP contribution in [-0.2, 0) is 24.2 Å². The summed E-state index contributed by atoms with van der Waals surface area (Å²) in [6.07, 6.45) is 9.11. The molecular formula is C27H33N5O2S. The number of rotatable bonds is 10. The highest BCUT2D eigenvalue weighted by atomic mass is 32.1. The van der Waals surface area contributed by atoms with Crippen LogP contribution in [0.3, 0.4) is 0 Å². The maximum absolute atomic E-state index is 13.4. The Morgan fingerprint density at radius 3 is 2.60 bits per heavy atom. The second kappa shape index (κ2) is 12.0. The lowest BCUT2D eigenvalue weighted by atomic mass is 9.98. The van der Waals surface area contributed by atoms with Crippen molar-refractivity contribution in [2.24, 2.45) is 5.73 Å². The van der Waals surface area contributed by atoms with Crippen molar-refractivity contribution in [1.29, 1.82) is 0 Å². The van der Waals surface area contributed by atoms with Crippen LogP contribution in [-0.4, -0.2) is 56.8 Å². The lowest BCUT2D eigenvalue weighted by Crippen LogP contribution is -2.49. The lowest BCUT2D eigenvalue weighted by Gasteiger charge is -2.41. The zero-order valence-electron chi connectivity index (χ0n) is 20.2. The summed E-state index contributed by atoms with van der Waals surface area (Å²) in [5.74, 6) is -0.258. The third-order valence-electron chi connectivity index (χ3n) is 6.88. The summed E-state index contributed by atoms with van der Waals surface area (Å²) in [6, 6.07) is 10.0. The van der Waals surface area contributed by atoms with Crippen molar-refractivity contribution in [3.63, 3.8) is 0 Å². The highest BCUT2D eigenvalue weighted by Crippen LogP contribution is 2.24. The highest BCUT2D eigenvalue weighted by Gasteiger charge is 2.30. The number of carbonyl (C=O) groups is 2. The maximum atomic E-state index is 13.4. The van der Waals surface area contributed by atoms with Gasteiger partial charge < -0.3 is 15.5 Å². The molecule has 1 fully saturated rings. The summed E-state index contributed by atoms with van der Waals surface area (Å²) in [6.45, 7) is 4.77. The first-order valence-corrected chi connectivity index (χ1v) is 13.1. The number of primary amides is 1. The van der Waals surface area contributed by atoms with Crippen LogP contribution in [0.5, 0.6) is 0 Å². The molecule has 3 aromatic rings. The van der Waals surface area contributed by atoms with Gasteiger partial charge in [0.05, 0.1) is 17.7 Å². The maximum Gasteiger partial charge on any atom is 0.250 e. The average molecular weight is 492 g/mol. The SMILES string of the molecule is C[C@H](CCc1ncccc1C(N)=O)N1CCC(N(Cc2ccsc2)C(=O)Cc2ccncc2)CC1. The van der Waals surface area contributed by atoms with E-state index in [0.717, 1.165) is 50.0 Å². The smallest absolute Gasteiger partial charge is 0.250 e. The van der Waals surface area contributed by atoms with Crippen molar-refractivity contribution in [3.05, 3.63) is 82.1 Å². The van der Waals surface area contributed by atoms with Crippen molar-refractivity contribution in [3.8, 4) is 0 Å². The lowest BCUT2D eigenvalue weighted by molar-refractivity contribution is -0.134. The molecule has 1 aliphatic heterocycles. The second-order valence-corrected chi connectivity index (χ2v) is 9.98. The fourth-order valence-corrected chi connectivity index (χ4v) is 5.46. The van der Waals surface area contributed by atoms with Gasteiger partial charge >= 0.3 is 0 Å². The molecule has 0 bridgehead atoms. The number of carbonyl (C=O) groups excluding carboxylic acids is 2. The molecule has 0 spiro atoms. The molecule has 1 saturated heterocycles. The van der Waals surface area contributed by atoms with Gasteiger partial charge in [0.25, 0.3) is 5.91 Å². The minimum absolute atomic E-state index is 0.169. The van der Waals surface area contributed by atoms with E-state index < -0.39 is 5.91 Å². The minimum Gasteiger partial charge on any atom is -0.366 e. The number of aromatic nitrogens is 2. The van der Waals surface area contributed by atoms with Gasteiger partial charge in [0, 0.05) is 50.3 Å². The van der Waals surface area contributed by atoms with Crippen LogP contribution >= 0.6 is 11.3 Å². The number of piperidine rings is 1. The van der Waals surface area contributed by atoms with Gasteiger partial charge in [-0.3, -0.25) is 19.6 Å². The molecule has 2 amide bonds. The van der Waals surface area contributed by atoms with E-state index in [1.807, 2.05) is 12.1 Å². The molecule has 8 heteroatoms. The Morgan fingerprint density at radius 1 is 1.14 bits per heavy atom. The normalized spacial score (nSPS) is 15.6. The van der Waals surface area contributed by atoms with Crippen molar-refractivity contribution >= 4 is 23.2 Å². The first kappa shape index (κ1) is 25.0. The van der Waals surface area contributed by atoms with Crippen LogP contribution in [0, 0.1) is 0 Å². The van der Waals surface area contributed by atoms with E-state index in [1.165, 1.54) is 5.56 Å². The number of hydrogen-bond acceptors (Lipinski definition) is 6. The standard InChI is InChI=1S/C27H33N5O2S/c1-20(4-5-25-24(27(28)34)3-2-11-30-25)31-14-8-23(9-15-31)32(18-22-10-16-35-19-22)26(33)17-21-6-12-29-13-7-21/h2-3,6-7,10-13,16,19-20,23H,4-5,8-9,14-15,17-18H2,1H3,(H2,28,34)/t20-/m1/s1. The van der Waals surface area contributed by atoms with Gasteiger partial charge in [-0.15, -0.1) is 0 Å². The number of pyridine rings is 2. The zero-order chi connectivity index (χ0) is 24.6. The molecule has 35 heavy (non-hydrogen) atoms. The fourth-order valence-electron chi connectivity index (χ4n) is 4.81. The molecular weight excluding hydrogens is 458 g/mol. The Balaban J connectivity index is 1.35. The summed E-state index contributed by atoms with van der Waals surface area (Å²) in [5, 5.41) is 4.19. The quantitative estimate of drug-likeness (QED) is 0.467. The van der Waals surface area contributed by atoms with Gasteiger partial charge in [-0.05, 0) is 84.8 Å². The van der Waals surface area contributed by atoms with E-state index in [4.69, 9.17) is 5.73 Å². The molecule has 1 aliphatic rings. The second-order valence-electron chi connectivity index (χ2n) is 9.20. The summed E-state index contributed by atoms with van der Waals surface area (Å²) in [4.78, 5) is 38.0. The van der Waals surface area contributed by atoms with Gasteiger partial charge in [-0.1, -0.05) is 0 Å². The molecule has 4 heterocycles. The Labute approximate surface area is 211 Å². The Morgan fingerprint density at radius 2 is 1.91 bits per heavy atom. The topological polar surface area (TPSA) is 92.4 Å². The zero-order valence-corrected chi connectivity index (χ0v) is 21.0. The van der Waals surface area contributed by atoms with Crippen molar-refractivity contribution < 1.29 is 9.59 Å². The first-order chi connectivity index (χ1) is 17.0. The molecule has 3 aromatic heterocycles. The molecule has 0 radical (unpaired) electrons. The highest BCUT2D eigenvalue weighted by molar-refractivity contribution is 7.07. The molecule has 184 valence electrons. The van der Waals surface area contributed by atoms with Gasteiger partial charge in [-0.2, -0.15) is 11.3 Å². The monoisotopic (exact) mass is 491 g/mol. The van der Waals surface area contributed by atoms with E-state index in [9.17, 15) is 9.59 Å². The van der Waals surface area contributed by atoms with Crippen LogP contribution in [0.1, 0.15) is 53.4 Å². The van der Waals surface area contributed by atoms with Gasteiger partial charge in [0.15, 0.2) is 0 Å². The fraction of sp³-hybridized carbons (Fsp3) is 0.407. The number of nitrogens with two attached hydrogens (primary N) is 1. The molecule has 0 saturated carbocycles. The van der Waals surface area contributed by atoms with E-state index in [0.29, 0.717) is 24.6 Å². The number of nitrogens with zero attached hydrogens (tertiary/aromatic N) is 4. The van der Waals surface area contributed by atoms with Crippen molar-refractivity contribution in [2.75, 3.05) is 13.1 Å². The van der Waals surface area contributed by atoms with Gasteiger partial charge in [0.2, 0.25) is 5.91 Å². The molecule has 0 aliphatic carbocycles. The Kier molecular flexibility index (Phi) is 8.60. The van der Waals surface area contributed by atoms with Crippen LogP contribution in [0.15, 0.2) is 59.7 Å². The van der Waals surface area contributed by atoms with Crippen molar-refractivity contribution in [1.82, 2.24) is 19.8 Å². The Hall–Kier alpha value is -3.10. The minimum atomic E-state index is -0.427. The third-order valence-corrected chi connectivity index (χ3v) is 7.61. The third kappa shape index (κ3) is 6.74. The predicted octanol–water partition coefficient (Wildman–Crippen LogP) is 3.69. The summed E-state index contributed by atoms with van der Waals surface area (Å²) < 4.78 is 0. The summed E-state index contributed by atoms with van der Waals surface area (Å²) >= 11 is 1.67. The number of amides is 2. The molecule has 1 atom stereocenters. The number of aryl methyl sites for hydroxylation is 1. The van der Waals surface area contributed by atoms with Crippen LogP contribution < -0.4 is 5.73 Å². The molecule has 4 rings (SSSR count). The van der Waals surface area contributed by atoms with E-state index in [-0.39, 0.29) is 11.9 Å². The number of hydrogen-bond donors (Lipinski definition) is 1. The first-order valence-electron chi connectivity index (χ1n) is 12.2. The van der Waals surface area contributed by atoms with E-state index >= 15 is 0 Å². The summed E-state index contributed by atoms with van der Waals surface area (Å²) in [7, 11) is 0. The number of likely N-dealkylation sites (tertiary alicyclic amines) is 1. The van der Waals surface area contributed by atoms with E-state index in [2.05, 4.69) is 43.5 Å². The van der Waals surface area contributed by atoms with Crippen LogP contribution in [0.4, 0.5) is 0 Å². The van der Waals surface area contributed by atoms with Crippen molar-refractivity contribution in [2.45, 2.75) is 57.7 Å². The Bertz CT molecular complexity index is 1100. The summed E-state index contributed by atoms with van der Waals surface area (Å²) in [5.41, 5.74) is 8.97. The molecule has 0 aromatic carbocycles. The average Bonchev–Trinajstić information content (AvgIpc) is 3.40. The molecule has 7 nitrogen and oxygen atoms in total. The molecule has 2 N–H and O–H groups in total. The van der Waals surface area contributed by atoms with Crippen LogP contribution in [0.2, 0.25) is 0 Å². The molecule has 0 unspecified atom stereocenters. The number of thiophene rings is 1. The largest absolute Gasteiger partial charge is 0.366 e. The van der Waals surface area contributed by atoms with E-state index in [1.54, 1.807) is 42.1 Å². The van der Waals surface area contributed by atoms with Crippen LogP contribution in [0.25, 0.3) is 0 Å². The van der Waals surface area contributed by atoms with Gasteiger partial charge in [-0.25, -0.2) is 0 Å². The van der Waals surface area contributed by atoms with Gasteiger partial charge in [0.1, 0.15) is 0 Å². The predicted molar refractivity (Wildman–Crippen MR) is 138 cm³/mol.